The molecule has 0 spiro atoms. The van der Waals surface area contributed by atoms with Gasteiger partial charge in [-0.15, -0.1) is 0 Å². The Labute approximate surface area is 203 Å². The van der Waals surface area contributed by atoms with E-state index in [1.165, 1.54) is 12.8 Å². The summed E-state index contributed by atoms with van der Waals surface area (Å²) in [5.74, 6) is 1.38. The predicted octanol–water partition coefficient (Wildman–Crippen LogP) is 4.88. The molecule has 34 heavy (non-hydrogen) atoms. The Balaban J connectivity index is 1.31. The van der Waals surface area contributed by atoms with Crippen LogP contribution in [0.2, 0.25) is 5.02 Å². The first-order valence-electron chi connectivity index (χ1n) is 11.4. The summed E-state index contributed by atoms with van der Waals surface area (Å²) >= 11 is 5.98. The summed E-state index contributed by atoms with van der Waals surface area (Å²) in [6.07, 6.45) is 2.51. The maximum Gasteiger partial charge on any atom is 0.266 e. The molecular formula is C26H26ClN3O4. The van der Waals surface area contributed by atoms with E-state index < -0.39 is 0 Å². The number of rotatable bonds is 7. The number of pyridine rings is 1. The molecule has 0 radical (unpaired) electrons. The zero-order chi connectivity index (χ0) is 23.5. The van der Waals surface area contributed by atoms with Crippen molar-refractivity contribution in [3.63, 3.8) is 0 Å². The smallest absolute Gasteiger partial charge is 0.266 e. The zero-order valence-electron chi connectivity index (χ0n) is 19.0. The molecule has 2 aliphatic rings. The number of anilines is 1. The third kappa shape index (κ3) is 4.67. The number of amides is 1. The second-order valence-corrected chi connectivity index (χ2v) is 8.73. The molecule has 176 valence electrons. The Kier molecular flexibility index (Phi) is 6.56. The van der Waals surface area contributed by atoms with E-state index in [1.807, 2.05) is 30.3 Å². The quantitative estimate of drug-likeness (QED) is 0.481. The van der Waals surface area contributed by atoms with Crippen molar-refractivity contribution >= 4 is 23.2 Å². The molecule has 5 rings (SSSR count). The average molecular weight is 480 g/mol. The van der Waals surface area contributed by atoms with Crippen LogP contribution in [0.25, 0.3) is 11.3 Å². The van der Waals surface area contributed by atoms with Gasteiger partial charge in [-0.25, -0.2) is 4.98 Å². The van der Waals surface area contributed by atoms with Gasteiger partial charge in [0.05, 0.1) is 18.5 Å². The number of methoxy groups -OCH3 is 1. The van der Waals surface area contributed by atoms with Crippen molar-refractivity contribution in [2.75, 3.05) is 45.0 Å². The molecule has 3 heterocycles. The van der Waals surface area contributed by atoms with Gasteiger partial charge in [0.1, 0.15) is 12.2 Å². The van der Waals surface area contributed by atoms with Crippen molar-refractivity contribution in [3.8, 4) is 28.6 Å². The van der Waals surface area contributed by atoms with Gasteiger partial charge < -0.3 is 14.2 Å². The first kappa shape index (κ1) is 22.5. The number of halogens is 1. The Morgan fingerprint density at radius 2 is 1.82 bits per heavy atom. The van der Waals surface area contributed by atoms with Gasteiger partial charge in [0, 0.05) is 23.2 Å². The van der Waals surface area contributed by atoms with Crippen LogP contribution in [0.5, 0.6) is 17.4 Å². The van der Waals surface area contributed by atoms with Gasteiger partial charge in [0.15, 0.2) is 18.2 Å². The number of carbonyl (C=O) groups excluding carboxylic acids is 1. The van der Waals surface area contributed by atoms with Crippen molar-refractivity contribution in [1.29, 1.82) is 0 Å². The molecule has 2 aromatic carbocycles. The number of ether oxygens (including phenoxy) is 3. The number of fused-ring (bicyclic) bond motifs is 1. The number of aromatic nitrogens is 1. The lowest BCUT2D eigenvalue weighted by atomic mass is 10.1. The highest BCUT2D eigenvalue weighted by molar-refractivity contribution is 6.30. The van der Waals surface area contributed by atoms with E-state index >= 15 is 0 Å². The lowest BCUT2D eigenvalue weighted by Crippen LogP contribution is -2.39. The van der Waals surface area contributed by atoms with Gasteiger partial charge >= 0.3 is 0 Å². The molecule has 1 aromatic heterocycles. The minimum absolute atomic E-state index is 0.0568. The van der Waals surface area contributed by atoms with E-state index in [0.717, 1.165) is 25.2 Å². The fourth-order valence-electron chi connectivity index (χ4n) is 4.25. The van der Waals surface area contributed by atoms with E-state index in [1.54, 1.807) is 36.3 Å². The topological polar surface area (TPSA) is 64.1 Å². The number of likely N-dealkylation sites (tertiary alicyclic amines) is 1. The van der Waals surface area contributed by atoms with Crippen molar-refractivity contribution in [3.05, 3.63) is 65.2 Å². The van der Waals surface area contributed by atoms with E-state index in [9.17, 15) is 4.79 Å². The van der Waals surface area contributed by atoms with Crippen molar-refractivity contribution in [2.24, 2.45) is 0 Å². The number of benzene rings is 2. The summed E-state index contributed by atoms with van der Waals surface area (Å²) in [5.41, 5.74) is 2.69. The first-order valence-corrected chi connectivity index (χ1v) is 11.7. The summed E-state index contributed by atoms with van der Waals surface area (Å²) in [7, 11) is 1.60. The molecule has 3 aromatic rings. The van der Waals surface area contributed by atoms with Gasteiger partial charge in [-0.05, 0) is 62.3 Å². The minimum atomic E-state index is -0.179. The summed E-state index contributed by atoms with van der Waals surface area (Å²) in [6, 6.07) is 16.4. The largest absolute Gasteiger partial charge is 0.493 e. The SMILES string of the molecule is COc1cc(N2COc3nc(-c4ccc(Cl)cc4)ccc3C2=O)ccc1OCCN1CCCC1. The Bertz CT molecular complexity index is 1180. The molecule has 1 amide bonds. The van der Waals surface area contributed by atoms with Crippen LogP contribution >= 0.6 is 11.6 Å². The molecule has 7 nitrogen and oxygen atoms in total. The molecule has 1 fully saturated rings. The number of carbonyl (C=O) groups is 1. The maximum atomic E-state index is 13.2. The van der Waals surface area contributed by atoms with Crippen molar-refractivity contribution in [2.45, 2.75) is 12.8 Å². The first-order chi connectivity index (χ1) is 16.6. The van der Waals surface area contributed by atoms with E-state index in [-0.39, 0.29) is 12.6 Å². The minimum Gasteiger partial charge on any atom is -0.493 e. The summed E-state index contributed by atoms with van der Waals surface area (Å²) < 4.78 is 17.4. The van der Waals surface area contributed by atoms with E-state index in [4.69, 9.17) is 25.8 Å². The van der Waals surface area contributed by atoms with Crippen LogP contribution in [-0.4, -0.2) is 55.9 Å². The molecule has 0 saturated carbocycles. The fourth-order valence-corrected chi connectivity index (χ4v) is 4.38. The lowest BCUT2D eigenvalue weighted by molar-refractivity contribution is 0.0933. The summed E-state index contributed by atoms with van der Waals surface area (Å²) in [4.78, 5) is 21.7. The molecule has 1 saturated heterocycles. The molecule has 8 heteroatoms. The Morgan fingerprint density at radius 3 is 2.59 bits per heavy atom. The van der Waals surface area contributed by atoms with Gasteiger partial charge in [0.2, 0.25) is 5.88 Å². The second-order valence-electron chi connectivity index (χ2n) is 8.30. The Hall–Kier alpha value is -3.29. The Morgan fingerprint density at radius 1 is 1.03 bits per heavy atom. The van der Waals surface area contributed by atoms with Crippen LogP contribution in [0.3, 0.4) is 0 Å². The van der Waals surface area contributed by atoms with E-state index in [0.29, 0.717) is 46.0 Å². The maximum absolute atomic E-state index is 13.2. The second kappa shape index (κ2) is 9.91. The zero-order valence-corrected chi connectivity index (χ0v) is 19.8. The monoisotopic (exact) mass is 479 g/mol. The standard InChI is InChI=1S/C26H26ClN3O4/c1-32-24-16-20(8-11-23(24)33-15-14-29-12-2-3-13-29)30-17-34-25-21(26(30)31)9-10-22(28-25)18-4-6-19(27)7-5-18/h4-11,16H,2-3,12-15,17H2,1H3. The van der Waals surface area contributed by atoms with Crippen LogP contribution in [0.1, 0.15) is 23.2 Å². The average Bonchev–Trinajstić information content (AvgIpc) is 3.38. The van der Waals surface area contributed by atoms with E-state index in [2.05, 4.69) is 9.88 Å². The number of hydrogen-bond donors (Lipinski definition) is 0. The summed E-state index contributed by atoms with van der Waals surface area (Å²) in [5, 5.41) is 0.655. The van der Waals surface area contributed by atoms with Crippen LogP contribution in [-0.2, 0) is 0 Å². The molecule has 0 N–H and O–H groups in total. The fraction of sp³-hybridized carbons (Fsp3) is 0.308. The highest BCUT2D eigenvalue weighted by Gasteiger charge is 2.29. The molecular weight excluding hydrogens is 454 g/mol. The van der Waals surface area contributed by atoms with Crippen LogP contribution in [0.15, 0.2) is 54.6 Å². The highest BCUT2D eigenvalue weighted by atomic mass is 35.5. The molecule has 2 aliphatic heterocycles. The lowest BCUT2D eigenvalue weighted by Gasteiger charge is -2.28. The molecule has 0 atom stereocenters. The van der Waals surface area contributed by atoms with Gasteiger partial charge in [0.25, 0.3) is 5.91 Å². The van der Waals surface area contributed by atoms with Crippen LogP contribution in [0, 0.1) is 0 Å². The predicted molar refractivity (Wildman–Crippen MR) is 131 cm³/mol. The highest BCUT2D eigenvalue weighted by Crippen LogP contribution is 2.35. The van der Waals surface area contributed by atoms with Crippen LogP contribution < -0.4 is 19.1 Å². The molecule has 0 aliphatic carbocycles. The number of nitrogens with zero attached hydrogens (tertiary/aromatic N) is 3. The third-order valence-corrected chi connectivity index (χ3v) is 6.38. The van der Waals surface area contributed by atoms with Crippen molar-refractivity contribution < 1.29 is 19.0 Å². The third-order valence-electron chi connectivity index (χ3n) is 6.13. The normalized spacial score (nSPS) is 15.7. The number of hydrogen-bond acceptors (Lipinski definition) is 6. The van der Waals surface area contributed by atoms with Gasteiger partial charge in [-0.2, -0.15) is 0 Å². The van der Waals surface area contributed by atoms with Gasteiger partial charge in [-0.3, -0.25) is 14.6 Å². The summed E-state index contributed by atoms with van der Waals surface area (Å²) in [6.45, 7) is 3.81. The molecule has 0 bridgehead atoms. The molecule has 0 unspecified atom stereocenters. The van der Waals surface area contributed by atoms with Crippen molar-refractivity contribution in [1.82, 2.24) is 9.88 Å². The van der Waals surface area contributed by atoms with Crippen LogP contribution in [0.4, 0.5) is 5.69 Å². The van der Waals surface area contributed by atoms with Gasteiger partial charge in [-0.1, -0.05) is 23.7 Å².